The van der Waals surface area contributed by atoms with Gasteiger partial charge in [-0.3, -0.25) is 0 Å². The third kappa shape index (κ3) is 5.85. The minimum Gasteiger partial charge on any atom is -0.462 e. The largest absolute Gasteiger partial charge is 0.462 e. The number of rotatable bonds is 8. The molecule has 1 aromatic carbocycles. The average Bonchev–Trinajstić information content (AvgIpc) is 2.42. The summed E-state index contributed by atoms with van der Waals surface area (Å²) >= 11 is 0. The van der Waals surface area contributed by atoms with Crippen molar-refractivity contribution in [2.75, 3.05) is 13.2 Å². The van der Waals surface area contributed by atoms with Crippen molar-refractivity contribution in [3.05, 3.63) is 47.5 Å². The van der Waals surface area contributed by atoms with E-state index in [9.17, 15) is 4.79 Å². The van der Waals surface area contributed by atoms with E-state index in [1.807, 2.05) is 12.1 Å². The van der Waals surface area contributed by atoms with E-state index >= 15 is 0 Å². The molecule has 1 rings (SSSR count). The van der Waals surface area contributed by atoms with Gasteiger partial charge in [0.05, 0.1) is 6.61 Å². The summed E-state index contributed by atoms with van der Waals surface area (Å²) in [6.07, 6.45) is 2.70. The molecule has 0 saturated carbocycles. The second-order valence-electron chi connectivity index (χ2n) is 4.53. The highest BCUT2D eigenvalue weighted by Crippen LogP contribution is 2.12. The summed E-state index contributed by atoms with van der Waals surface area (Å²) in [5, 5.41) is 0. The van der Waals surface area contributed by atoms with E-state index in [0.717, 1.165) is 36.4 Å². The number of ether oxygens (including phenoxy) is 1. The maximum absolute atomic E-state index is 11.2. The molecule has 1 aromatic rings. The van der Waals surface area contributed by atoms with Gasteiger partial charge in [0.25, 0.3) is 0 Å². The van der Waals surface area contributed by atoms with Crippen LogP contribution in [0.2, 0.25) is 0 Å². The third-order valence-electron chi connectivity index (χ3n) is 2.87. The quantitative estimate of drug-likeness (QED) is 0.313. The molecule has 0 unspecified atom stereocenters. The first-order chi connectivity index (χ1) is 9.15. The zero-order chi connectivity index (χ0) is 14.1. The predicted molar refractivity (Wildman–Crippen MR) is 80.1 cm³/mol. The molecule has 0 aliphatic heterocycles. The summed E-state index contributed by atoms with van der Waals surface area (Å²) < 4.78 is 10.3. The Morgan fingerprint density at radius 1 is 1.21 bits per heavy atom. The Morgan fingerprint density at radius 2 is 1.84 bits per heavy atom. The predicted octanol–water partition coefficient (Wildman–Crippen LogP) is 1.58. The van der Waals surface area contributed by atoms with Gasteiger partial charge in [0.15, 0.2) is 0 Å². The molecule has 0 saturated heterocycles. The molecule has 0 N–H and O–H groups in total. The first-order valence-electron chi connectivity index (χ1n) is 6.53. The summed E-state index contributed by atoms with van der Waals surface area (Å²) in [4.78, 5) is 11.2. The maximum Gasteiger partial charge on any atom is 0.333 e. The van der Waals surface area contributed by atoms with Crippen LogP contribution in [0.5, 0.6) is 0 Å². The van der Waals surface area contributed by atoms with Crippen molar-refractivity contribution >= 4 is 16.5 Å². The highest BCUT2D eigenvalue weighted by molar-refractivity contribution is 5.97. The van der Waals surface area contributed by atoms with Gasteiger partial charge in [0.2, 0.25) is 0 Å². The van der Waals surface area contributed by atoms with E-state index in [-0.39, 0.29) is 5.97 Å². The van der Waals surface area contributed by atoms with Gasteiger partial charge in [0.1, 0.15) is 10.5 Å². The normalized spacial score (nSPS) is 10.4. The first kappa shape index (κ1) is 15.7. The Labute approximate surface area is 118 Å². The van der Waals surface area contributed by atoms with E-state index < -0.39 is 0 Å². The van der Waals surface area contributed by atoms with Crippen molar-refractivity contribution in [2.45, 2.75) is 26.2 Å². The van der Waals surface area contributed by atoms with Crippen LogP contribution in [0, 0.1) is 0 Å². The number of carbonyl (C=O) groups is 1. The molecule has 19 heavy (non-hydrogen) atoms. The number of hydrogen-bond acceptors (Lipinski definition) is 3. The van der Waals surface area contributed by atoms with Gasteiger partial charge in [-0.05, 0) is 37.3 Å². The van der Waals surface area contributed by atoms with Crippen LogP contribution >= 0.6 is 0 Å². The molecule has 0 aromatic heterocycles. The smallest absolute Gasteiger partial charge is 0.333 e. The summed E-state index contributed by atoms with van der Waals surface area (Å²) in [5.41, 5.74) is 3.09. The fourth-order valence-corrected chi connectivity index (χ4v) is 2.01. The van der Waals surface area contributed by atoms with Gasteiger partial charge in [-0.25, -0.2) is 4.79 Å². The summed E-state index contributed by atoms with van der Waals surface area (Å²) in [7, 11) is 0.781. The van der Waals surface area contributed by atoms with Crippen molar-refractivity contribution in [1.29, 1.82) is 0 Å². The number of hydrogen-bond donors (Lipinski definition) is 0. The molecule has 0 fully saturated rings. The fraction of sp³-hybridized carbons (Fsp3) is 0.400. The molecule has 0 atom stereocenters. The third-order valence-corrected chi connectivity index (χ3v) is 3.27. The van der Waals surface area contributed by atoms with Crippen molar-refractivity contribution in [1.82, 2.24) is 0 Å². The van der Waals surface area contributed by atoms with Gasteiger partial charge in [-0.1, -0.05) is 30.8 Å². The summed E-state index contributed by atoms with van der Waals surface area (Å²) in [5.74, 6) is -0.308. The molecule has 104 valence electrons. The van der Waals surface area contributed by atoms with Gasteiger partial charge in [0, 0.05) is 12.2 Å². The van der Waals surface area contributed by atoms with Crippen LogP contribution in [-0.4, -0.2) is 29.7 Å². The maximum atomic E-state index is 11.2. The van der Waals surface area contributed by atoms with Crippen LogP contribution in [0.3, 0.4) is 0 Å². The second kappa shape index (κ2) is 8.66. The van der Waals surface area contributed by atoms with Crippen LogP contribution in [0.4, 0.5) is 0 Å². The van der Waals surface area contributed by atoms with Gasteiger partial charge in [-0.2, -0.15) is 0 Å². The van der Waals surface area contributed by atoms with E-state index in [0.29, 0.717) is 12.2 Å². The Bertz CT molecular complexity index is 429. The van der Waals surface area contributed by atoms with E-state index in [1.54, 1.807) is 6.92 Å². The second-order valence-corrected chi connectivity index (χ2v) is 5.11. The lowest BCUT2D eigenvalue weighted by atomic mass is 10.0. The molecule has 0 amide bonds. The van der Waals surface area contributed by atoms with Crippen molar-refractivity contribution in [2.24, 2.45) is 0 Å². The topological polar surface area (TPSA) is 35.5 Å². The van der Waals surface area contributed by atoms with E-state index in [4.69, 9.17) is 9.16 Å². The van der Waals surface area contributed by atoms with E-state index in [1.165, 1.54) is 11.1 Å². The Morgan fingerprint density at radius 3 is 2.42 bits per heavy atom. The number of benzene rings is 1. The zero-order valence-corrected chi connectivity index (χ0v) is 13.8. The minimum absolute atomic E-state index is 0.308. The molecular formula is C15H22O3Si. The molecule has 4 heteroatoms. The van der Waals surface area contributed by atoms with Gasteiger partial charge in [-0.15, -0.1) is 0 Å². The molecule has 0 aliphatic rings. The molecule has 0 heterocycles. The van der Waals surface area contributed by atoms with Gasteiger partial charge >= 0.3 is 5.97 Å². The monoisotopic (exact) mass is 278 g/mol. The summed E-state index contributed by atoms with van der Waals surface area (Å²) in [6.45, 7) is 6.44. The van der Waals surface area contributed by atoms with Crippen molar-refractivity contribution in [3.8, 4) is 0 Å². The Hall–Kier alpha value is -1.39. The molecular weight excluding hydrogens is 256 g/mol. The lowest BCUT2D eigenvalue weighted by Gasteiger charge is -2.09. The Balaban J connectivity index is 2.40. The average molecular weight is 278 g/mol. The van der Waals surface area contributed by atoms with Crippen molar-refractivity contribution < 1.29 is 14.0 Å². The highest BCUT2D eigenvalue weighted by atomic mass is 28.2. The van der Waals surface area contributed by atoms with Crippen LogP contribution < -0.4 is 0 Å². The number of carbonyl (C=O) groups excluding carboxylic acids is 1. The summed E-state index contributed by atoms with van der Waals surface area (Å²) in [6, 6.07) is 8.35. The number of aryl methyl sites for hydroxylation is 1. The lowest BCUT2D eigenvalue weighted by molar-refractivity contribution is -0.139. The van der Waals surface area contributed by atoms with Crippen LogP contribution in [-0.2, 0) is 26.8 Å². The molecule has 0 radical (unpaired) electrons. The molecule has 0 bridgehead atoms. The minimum atomic E-state index is -0.308. The zero-order valence-electron chi connectivity index (χ0n) is 11.8. The fourth-order valence-electron chi connectivity index (χ4n) is 1.81. The Kier molecular flexibility index (Phi) is 7.14. The molecule has 0 spiro atoms. The number of esters is 1. The van der Waals surface area contributed by atoms with Crippen LogP contribution in [0.25, 0.3) is 0 Å². The lowest BCUT2D eigenvalue weighted by Crippen LogP contribution is -2.07. The molecule has 0 aliphatic carbocycles. The van der Waals surface area contributed by atoms with Crippen LogP contribution in [0.1, 0.15) is 24.5 Å². The highest BCUT2D eigenvalue weighted by Gasteiger charge is 2.04. The SMILES string of the molecule is C=C(C)C(=O)OCCCc1ccccc1CCO[SiH3]. The van der Waals surface area contributed by atoms with E-state index in [2.05, 4.69) is 18.7 Å². The van der Waals surface area contributed by atoms with Gasteiger partial charge < -0.3 is 9.16 Å². The standard InChI is InChI=1S/C15H22O3Si/c1-12(2)15(16)17-10-5-8-13-6-3-4-7-14(13)9-11-18-19/h3-4,6-7H,1,5,8-11H2,2,19H3. The van der Waals surface area contributed by atoms with Crippen molar-refractivity contribution in [3.63, 3.8) is 0 Å². The molecule has 3 nitrogen and oxygen atoms in total. The van der Waals surface area contributed by atoms with Crippen LogP contribution in [0.15, 0.2) is 36.4 Å². The first-order valence-corrected chi connectivity index (χ1v) is 7.35.